The maximum atomic E-state index is 14.3. The number of allylic oxidation sites excluding steroid dienone is 1. The molecule has 3 aromatic rings. The Labute approximate surface area is 305 Å². The van der Waals surface area contributed by atoms with Crippen molar-refractivity contribution in [3.63, 3.8) is 0 Å². The molecule has 52 heavy (non-hydrogen) atoms. The molecule has 0 spiro atoms. The number of carbonyl (C=O) groups excluding carboxylic acids is 4. The summed E-state index contributed by atoms with van der Waals surface area (Å²) in [5.41, 5.74) is 0.417. The van der Waals surface area contributed by atoms with Gasteiger partial charge in [0.15, 0.2) is 0 Å². The summed E-state index contributed by atoms with van der Waals surface area (Å²) in [7, 11) is -3.88. The Hall–Kier alpha value is -4.71. The van der Waals surface area contributed by atoms with Gasteiger partial charge in [-0.05, 0) is 86.8 Å². The molecule has 6 rings (SSSR count). The normalized spacial score (nSPS) is 24.9. The second kappa shape index (κ2) is 15.1. The number of sulfonamides is 1. The number of ether oxygens (including phenoxy) is 1. The Kier molecular flexibility index (Phi) is 10.8. The Morgan fingerprint density at radius 1 is 0.923 bits per heavy atom. The largest absolute Gasteiger partial charge is 0.444 e. The SMILES string of the molecule is CC(C)(C)OC(=O)N[C@H]1CCCCC/C=C\[C@@H]2C[C@@]2(C(=O)NS(=O)(=O)C2CC2)NC(=O)[C@H](Cc2cccc(-c3cccc4ccccc34)c2)NC1=O. The van der Waals surface area contributed by atoms with Crippen LogP contribution in [0.1, 0.15) is 77.7 Å². The van der Waals surface area contributed by atoms with Crippen molar-refractivity contribution in [2.45, 2.75) is 107 Å². The van der Waals surface area contributed by atoms with E-state index in [1.54, 1.807) is 20.8 Å². The molecule has 0 bridgehead atoms. The highest BCUT2D eigenvalue weighted by molar-refractivity contribution is 7.91. The van der Waals surface area contributed by atoms with Crippen LogP contribution in [0.15, 0.2) is 78.9 Å². The summed E-state index contributed by atoms with van der Waals surface area (Å²) in [5.74, 6) is -2.39. The lowest BCUT2D eigenvalue weighted by Crippen LogP contribution is -2.59. The zero-order valence-electron chi connectivity index (χ0n) is 29.9. The quantitative estimate of drug-likeness (QED) is 0.236. The first-order valence-corrected chi connectivity index (χ1v) is 19.7. The number of benzene rings is 3. The van der Waals surface area contributed by atoms with Crippen molar-refractivity contribution in [1.29, 1.82) is 0 Å². The summed E-state index contributed by atoms with van der Waals surface area (Å²) in [6.45, 7) is 5.20. The molecule has 1 heterocycles. The van der Waals surface area contributed by atoms with Gasteiger partial charge in [0.1, 0.15) is 23.2 Å². The van der Waals surface area contributed by atoms with Gasteiger partial charge in [-0.3, -0.25) is 19.1 Å². The molecule has 3 aromatic carbocycles. The first kappa shape index (κ1) is 37.1. The Balaban J connectivity index is 1.32. The van der Waals surface area contributed by atoms with Gasteiger partial charge in [-0.2, -0.15) is 0 Å². The van der Waals surface area contributed by atoms with Gasteiger partial charge in [-0.1, -0.05) is 91.7 Å². The van der Waals surface area contributed by atoms with Gasteiger partial charge in [0.2, 0.25) is 21.8 Å². The van der Waals surface area contributed by atoms with Gasteiger partial charge in [0.05, 0.1) is 5.25 Å². The molecule has 2 fully saturated rings. The van der Waals surface area contributed by atoms with E-state index in [0.29, 0.717) is 32.1 Å². The van der Waals surface area contributed by atoms with Crippen molar-refractivity contribution >= 4 is 44.6 Å². The predicted molar refractivity (Wildman–Crippen MR) is 199 cm³/mol. The molecule has 4 amide bonds. The molecule has 11 nitrogen and oxygen atoms in total. The number of rotatable bonds is 7. The lowest BCUT2D eigenvalue weighted by atomic mass is 9.95. The average molecular weight is 729 g/mol. The van der Waals surface area contributed by atoms with Gasteiger partial charge >= 0.3 is 6.09 Å². The van der Waals surface area contributed by atoms with Crippen LogP contribution < -0.4 is 20.7 Å². The van der Waals surface area contributed by atoms with E-state index < -0.39 is 68.2 Å². The standard InChI is InChI=1S/C40H48N4O7S/c1-39(2,3)51-38(48)42-33-20-8-6-4-5-7-17-29-25-40(29,37(47)44-52(49,50)30-21-22-30)43-36(46)34(41-35(33)45)24-26-13-11-16-28(23-26)32-19-12-15-27-14-9-10-18-31(27)32/h7,9-19,23,29-30,33-34H,4-6,8,20-22,24-25H2,1-3H3,(H,41,45)(H,42,48)(H,43,46)(H,44,47)/b17-7-/t29-,33+,34+,40-/m1/s1. The fourth-order valence-corrected chi connectivity index (χ4v) is 8.16. The summed E-state index contributed by atoms with van der Waals surface area (Å²) < 4.78 is 33.3. The topological polar surface area (TPSA) is 160 Å². The van der Waals surface area contributed by atoms with Crippen LogP contribution in [0, 0.1) is 5.92 Å². The van der Waals surface area contributed by atoms with E-state index in [4.69, 9.17) is 4.74 Å². The third-order valence-electron chi connectivity index (χ3n) is 9.80. The van der Waals surface area contributed by atoms with Crippen LogP contribution in [0.5, 0.6) is 0 Å². The Morgan fingerprint density at radius 2 is 1.67 bits per heavy atom. The van der Waals surface area contributed by atoms with E-state index in [1.165, 1.54) is 0 Å². The van der Waals surface area contributed by atoms with Crippen molar-refractivity contribution in [3.05, 3.63) is 84.4 Å². The van der Waals surface area contributed by atoms with E-state index in [2.05, 4.69) is 26.7 Å². The summed E-state index contributed by atoms with van der Waals surface area (Å²) in [6.07, 6.45) is 7.59. The van der Waals surface area contributed by atoms with Crippen molar-refractivity contribution < 1.29 is 32.3 Å². The summed E-state index contributed by atoms with van der Waals surface area (Å²) >= 11 is 0. The summed E-state index contributed by atoms with van der Waals surface area (Å²) in [4.78, 5) is 54.8. The van der Waals surface area contributed by atoms with Gasteiger partial charge in [0, 0.05) is 12.3 Å². The van der Waals surface area contributed by atoms with Crippen LogP contribution in [-0.4, -0.2) is 60.7 Å². The highest BCUT2D eigenvalue weighted by Crippen LogP contribution is 2.46. The maximum Gasteiger partial charge on any atom is 0.408 e. The number of nitrogens with one attached hydrogen (secondary N) is 4. The molecule has 2 aliphatic carbocycles. The van der Waals surface area contributed by atoms with E-state index >= 15 is 0 Å². The first-order valence-electron chi connectivity index (χ1n) is 18.2. The highest BCUT2D eigenvalue weighted by Gasteiger charge is 2.61. The van der Waals surface area contributed by atoms with Crippen molar-refractivity contribution in [2.75, 3.05) is 0 Å². The lowest BCUT2D eigenvalue weighted by Gasteiger charge is -2.27. The van der Waals surface area contributed by atoms with Crippen LogP contribution >= 0.6 is 0 Å². The van der Waals surface area contributed by atoms with E-state index in [0.717, 1.165) is 40.3 Å². The molecule has 2 saturated carbocycles. The minimum atomic E-state index is -3.88. The predicted octanol–water partition coefficient (Wildman–Crippen LogP) is 5.43. The molecular weight excluding hydrogens is 681 g/mol. The van der Waals surface area contributed by atoms with Crippen LogP contribution in [0.25, 0.3) is 21.9 Å². The minimum absolute atomic E-state index is 0.0634. The van der Waals surface area contributed by atoms with Crippen LogP contribution in [0.4, 0.5) is 4.79 Å². The van der Waals surface area contributed by atoms with Crippen LogP contribution in [0.3, 0.4) is 0 Å². The average Bonchev–Trinajstić information content (AvgIpc) is 4.02. The number of hydrogen-bond donors (Lipinski definition) is 4. The maximum absolute atomic E-state index is 14.3. The highest BCUT2D eigenvalue weighted by atomic mass is 32.2. The van der Waals surface area contributed by atoms with E-state index in [1.807, 2.05) is 72.8 Å². The molecule has 1 aliphatic heterocycles. The van der Waals surface area contributed by atoms with Crippen LogP contribution in [-0.2, 0) is 35.6 Å². The molecule has 3 aliphatic rings. The molecule has 0 saturated heterocycles. The molecule has 0 aromatic heterocycles. The lowest BCUT2D eigenvalue weighted by molar-refractivity contribution is -0.133. The number of fused-ring (bicyclic) bond motifs is 2. The van der Waals surface area contributed by atoms with Crippen molar-refractivity contribution in [1.82, 2.24) is 20.7 Å². The first-order chi connectivity index (χ1) is 24.7. The van der Waals surface area contributed by atoms with Crippen molar-refractivity contribution in [3.8, 4) is 11.1 Å². The molecule has 4 N–H and O–H groups in total. The van der Waals surface area contributed by atoms with E-state index in [-0.39, 0.29) is 12.8 Å². The molecule has 4 atom stereocenters. The second-order valence-electron chi connectivity index (χ2n) is 15.2. The number of alkyl carbamates (subject to hydrolysis) is 1. The summed E-state index contributed by atoms with van der Waals surface area (Å²) in [6, 6.07) is 19.7. The minimum Gasteiger partial charge on any atom is -0.444 e. The van der Waals surface area contributed by atoms with Gasteiger partial charge in [-0.15, -0.1) is 0 Å². The molecule has 276 valence electrons. The smallest absolute Gasteiger partial charge is 0.408 e. The zero-order valence-corrected chi connectivity index (χ0v) is 30.8. The monoisotopic (exact) mass is 728 g/mol. The molecule has 0 radical (unpaired) electrons. The van der Waals surface area contributed by atoms with Gasteiger partial charge < -0.3 is 20.7 Å². The van der Waals surface area contributed by atoms with Crippen molar-refractivity contribution in [2.24, 2.45) is 5.92 Å². The number of hydrogen-bond acceptors (Lipinski definition) is 7. The summed E-state index contributed by atoms with van der Waals surface area (Å²) in [5, 5.41) is 9.99. The fourth-order valence-electron chi connectivity index (χ4n) is 6.80. The Bertz CT molecular complexity index is 1980. The molecule has 12 heteroatoms. The molecule has 0 unspecified atom stereocenters. The van der Waals surface area contributed by atoms with Gasteiger partial charge in [-0.25, -0.2) is 13.2 Å². The fraction of sp³-hybridized carbons (Fsp3) is 0.450. The van der Waals surface area contributed by atoms with Crippen LogP contribution in [0.2, 0.25) is 0 Å². The zero-order chi connectivity index (χ0) is 37.1. The third kappa shape index (κ3) is 9.01. The second-order valence-corrected chi connectivity index (χ2v) is 17.2. The third-order valence-corrected chi connectivity index (χ3v) is 11.6. The number of amides is 4. The molecular formula is C40H48N4O7S. The Morgan fingerprint density at radius 3 is 2.44 bits per heavy atom. The van der Waals surface area contributed by atoms with E-state index in [9.17, 15) is 27.6 Å². The van der Waals surface area contributed by atoms with Gasteiger partial charge in [0.25, 0.3) is 5.91 Å². The number of carbonyl (C=O) groups is 4.